The summed E-state index contributed by atoms with van der Waals surface area (Å²) >= 11 is 0. The summed E-state index contributed by atoms with van der Waals surface area (Å²) in [5.74, 6) is 1.08. The molecule has 2 aromatic carbocycles. The van der Waals surface area contributed by atoms with Crippen molar-refractivity contribution in [2.45, 2.75) is 31.2 Å². The van der Waals surface area contributed by atoms with E-state index in [1.54, 1.807) is 6.07 Å². The van der Waals surface area contributed by atoms with Gasteiger partial charge in [-0.15, -0.1) is 0 Å². The van der Waals surface area contributed by atoms with Gasteiger partial charge in [-0.3, -0.25) is 4.79 Å². The molecule has 4 nitrogen and oxygen atoms in total. The van der Waals surface area contributed by atoms with Crippen molar-refractivity contribution in [2.75, 3.05) is 0 Å². The van der Waals surface area contributed by atoms with E-state index in [1.165, 1.54) is 5.56 Å². The minimum absolute atomic E-state index is 0.114. The molecule has 3 aromatic rings. The predicted molar refractivity (Wildman–Crippen MR) is 95.3 cm³/mol. The second kappa shape index (κ2) is 6.93. The van der Waals surface area contributed by atoms with Crippen LogP contribution in [0.15, 0.2) is 71.3 Å². The van der Waals surface area contributed by atoms with Gasteiger partial charge >= 0.3 is 0 Å². The fraction of sp³-hybridized carbons (Fsp3) is 0.238. The first-order valence-electron chi connectivity index (χ1n) is 8.66. The molecule has 0 radical (unpaired) electrons. The number of benzene rings is 2. The van der Waals surface area contributed by atoms with Crippen LogP contribution in [0.2, 0.25) is 0 Å². The normalized spacial score (nSPS) is 14.9. The Morgan fingerprint density at radius 2 is 1.76 bits per heavy atom. The van der Waals surface area contributed by atoms with Gasteiger partial charge in [-0.1, -0.05) is 65.8 Å². The number of hydrogen-bond acceptors (Lipinski definition) is 3. The van der Waals surface area contributed by atoms with Crippen LogP contribution in [0.5, 0.6) is 0 Å². The highest BCUT2D eigenvalue weighted by Gasteiger charge is 2.29. The average molecular weight is 332 g/mol. The van der Waals surface area contributed by atoms with Gasteiger partial charge in [0.1, 0.15) is 5.76 Å². The molecule has 4 heteroatoms. The lowest BCUT2D eigenvalue weighted by Gasteiger charge is -2.19. The monoisotopic (exact) mass is 332 g/mol. The molecule has 25 heavy (non-hydrogen) atoms. The van der Waals surface area contributed by atoms with Crippen molar-refractivity contribution in [1.29, 1.82) is 0 Å². The molecule has 1 fully saturated rings. The molecule has 1 aliphatic carbocycles. The average Bonchev–Trinajstić information content (AvgIpc) is 3.39. The van der Waals surface area contributed by atoms with E-state index in [9.17, 15) is 4.79 Å². The largest absolute Gasteiger partial charge is 0.360 e. The van der Waals surface area contributed by atoms with Gasteiger partial charge in [0.05, 0.1) is 6.04 Å². The second-order valence-electron chi connectivity index (χ2n) is 6.52. The third kappa shape index (κ3) is 3.79. The minimum atomic E-state index is -0.194. The third-order valence-corrected chi connectivity index (χ3v) is 4.53. The molecular formula is C21H20N2O2. The van der Waals surface area contributed by atoms with E-state index in [2.05, 4.69) is 22.6 Å². The van der Waals surface area contributed by atoms with E-state index in [4.69, 9.17) is 4.52 Å². The van der Waals surface area contributed by atoms with Gasteiger partial charge in [0.15, 0.2) is 5.69 Å². The fourth-order valence-corrected chi connectivity index (χ4v) is 2.98. The van der Waals surface area contributed by atoms with Crippen LogP contribution in [0.4, 0.5) is 0 Å². The van der Waals surface area contributed by atoms with Gasteiger partial charge in [0.2, 0.25) is 0 Å². The zero-order valence-corrected chi connectivity index (χ0v) is 13.9. The Balaban J connectivity index is 1.53. The van der Waals surface area contributed by atoms with Crippen molar-refractivity contribution in [3.05, 3.63) is 89.3 Å². The van der Waals surface area contributed by atoms with E-state index in [0.717, 1.165) is 30.6 Å². The van der Waals surface area contributed by atoms with Crippen LogP contribution in [0, 0.1) is 0 Å². The smallest absolute Gasteiger partial charge is 0.273 e. The number of nitrogens with one attached hydrogen (secondary N) is 1. The maximum absolute atomic E-state index is 12.6. The van der Waals surface area contributed by atoms with Gasteiger partial charge < -0.3 is 9.84 Å². The highest BCUT2D eigenvalue weighted by molar-refractivity contribution is 5.92. The number of carbonyl (C=O) groups excluding carboxylic acids is 1. The highest BCUT2D eigenvalue weighted by atomic mass is 16.5. The molecule has 0 spiro atoms. The molecule has 1 amide bonds. The number of carbonyl (C=O) groups is 1. The molecule has 1 aliphatic rings. The van der Waals surface area contributed by atoms with Crippen LogP contribution in [-0.4, -0.2) is 11.1 Å². The van der Waals surface area contributed by atoms with E-state index >= 15 is 0 Å². The van der Waals surface area contributed by atoms with Crippen molar-refractivity contribution in [3.8, 4) is 0 Å². The van der Waals surface area contributed by atoms with Crippen LogP contribution in [0.25, 0.3) is 0 Å². The van der Waals surface area contributed by atoms with Crippen molar-refractivity contribution in [3.63, 3.8) is 0 Å². The first-order valence-corrected chi connectivity index (χ1v) is 8.66. The quantitative estimate of drug-likeness (QED) is 0.733. The molecule has 0 bridgehead atoms. The lowest BCUT2D eigenvalue weighted by atomic mass is 9.98. The lowest BCUT2D eigenvalue weighted by molar-refractivity contribution is 0.0927. The Morgan fingerprint density at radius 3 is 2.44 bits per heavy atom. The number of hydrogen-bond donors (Lipinski definition) is 1. The van der Waals surface area contributed by atoms with Crippen LogP contribution >= 0.6 is 0 Å². The number of aromatic nitrogens is 1. The van der Waals surface area contributed by atoms with Crippen molar-refractivity contribution in [1.82, 2.24) is 10.5 Å². The molecule has 126 valence electrons. The molecule has 1 heterocycles. The zero-order chi connectivity index (χ0) is 17.1. The van der Waals surface area contributed by atoms with Crippen molar-refractivity contribution in [2.24, 2.45) is 0 Å². The maximum Gasteiger partial charge on any atom is 0.273 e. The summed E-state index contributed by atoms with van der Waals surface area (Å²) in [5.41, 5.74) is 2.61. The summed E-state index contributed by atoms with van der Waals surface area (Å²) in [6, 6.07) is 21.8. The summed E-state index contributed by atoms with van der Waals surface area (Å²) in [7, 11) is 0. The Hall–Kier alpha value is -2.88. The Labute approximate surface area is 146 Å². The second-order valence-corrected chi connectivity index (χ2v) is 6.52. The Bertz CT molecular complexity index is 839. The summed E-state index contributed by atoms with van der Waals surface area (Å²) in [6.07, 6.45) is 2.97. The van der Waals surface area contributed by atoms with Crippen LogP contribution in [0.1, 0.15) is 52.2 Å². The summed E-state index contributed by atoms with van der Waals surface area (Å²) in [6.45, 7) is 0. The predicted octanol–water partition coefficient (Wildman–Crippen LogP) is 4.27. The van der Waals surface area contributed by atoms with E-state index in [1.807, 2.05) is 48.5 Å². The van der Waals surface area contributed by atoms with Gasteiger partial charge in [-0.2, -0.15) is 0 Å². The van der Waals surface area contributed by atoms with Gasteiger partial charge in [0, 0.05) is 12.0 Å². The zero-order valence-electron chi connectivity index (χ0n) is 13.9. The van der Waals surface area contributed by atoms with Crippen molar-refractivity contribution >= 4 is 5.91 Å². The molecule has 4 rings (SSSR count). The lowest BCUT2D eigenvalue weighted by Crippen LogP contribution is -2.30. The molecule has 0 saturated heterocycles. The SMILES string of the molecule is O=C(NC(Cc1ccccc1)c1ccccc1)c1cc(C2CC2)on1. The van der Waals surface area contributed by atoms with Crippen LogP contribution in [0.3, 0.4) is 0 Å². The molecule has 1 aromatic heterocycles. The third-order valence-electron chi connectivity index (χ3n) is 4.53. The fourth-order valence-electron chi connectivity index (χ4n) is 2.98. The maximum atomic E-state index is 12.6. The van der Waals surface area contributed by atoms with E-state index < -0.39 is 0 Å². The minimum Gasteiger partial charge on any atom is -0.360 e. The first-order chi connectivity index (χ1) is 12.3. The van der Waals surface area contributed by atoms with Crippen LogP contribution in [-0.2, 0) is 6.42 Å². The van der Waals surface area contributed by atoms with E-state index in [0.29, 0.717) is 11.6 Å². The van der Waals surface area contributed by atoms with Gasteiger partial charge in [0.25, 0.3) is 5.91 Å². The summed E-state index contributed by atoms with van der Waals surface area (Å²) in [5, 5.41) is 7.05. The molecule has 1 saturated carbocycles. The highest BCUT2D eigenvalue weighted by Crippen LogP contribution is 2.40. The molecule has 1 atom stereocenters. The molecule has 1 N–H and O–H groups in total. The van der Waals surface area contributed by atoms with Gasteiger partial charge in [-0.05, 0) is 30.4 Å². The van der Waals surface area contributed by atoms with Crippen LogP contribution < -0.4 is 5.32 Å². The number of amides is 1. The van der Waals surface area contributed by atoms with Crippen molar-refractivity contribution < 1.29 is 9.32 Å². The Morgan fingerprint density at radius 1 is 1.08 bits per heavy atom. The number of nitrogens with zero attached hydrogens (tertiary/aromatic N) is 1. The summed E-state index contributed by atoms with van der Waals surface area (Å²) < 4.78 is 5.30. The van der Waals surface area contributed by atoms with E-state index in [-0.39, 0.29) is 11.9 Å². The standard InChI is InChI=1S/C21H20N2O2/c24-21(19-14-20(25-23-19)17-11-12-17)22-18(16-9-5-2-6-10-16)13-15-7-3-1-4-8-15/h1-10,14,17-18H,11-13H2,(H,22,24). The molecular weight excluding hydrogens is 312 g/mol. The Kier molecular flexibility index (Phi) is 4.34. The molecule has 1 unspecified atom stereocenters. The summed E-state index contributed by atoms with van der Waals surface area (Å²) in [4.78, 5) is 12.6. The molecule has 0 aliphatic heterocycles. The number of rotatable bonds is 6. The first kappa shape index (κ1) is 15.6. The topological polar surface area (TPSA) is 55.1 Å². The van der Waals surface area contributed by atoms with Gasteiger partial charge in [-0.25, -0.2) is 0 Å².